The fourth-order valence-electron chi connectivity index (χ4n) is 7.50. The average Bonchev–Trinajstić information content (AvgIpc) is 3.40. The minimum absolute atomic E-state index is 0.0290. The molecular formula is C38H53ClN2O4. The van der Waals surface area contributed by atoms with Crippen LogP contribution in [0.2, 0.25) is 0 Å². The second-order valence-corrected chi connectivity index (χ2v) is 15.5. The van der Waals surface area contributed by atoms with Gasteiger partial charge in [-0.05, 0) is 84.5 Å². The molecule has 2 aliphatic carbocycles. The number of fused-ring (bicyclic) bond motifs is 2. The van der Waals surface area contributed by atoms with Gasteiger partial charge in [0.15, 0.2) is 11.2 Å². The van der Waals surface area contributed by atoms with E-state index in [-0.39, 0.29) is 39.9 Å². The van der Waals surface area contributed by atoms with Gasteiger partial charge in [-0.3, -0.25) is 14.4 Å². The number of halogens is 1. The maximum absolute atomic E-state index is 13.8. The zero-order valence-corrected chi connectivity index (χ0v) is 29.3. The first kappa shape index (κ1) is 35.0. The van der Waals surface area contributed by atoms with Crippen molar-refractivity contribution in [1.82, 2.24) is 5.32 Å². The molecule has 2 aromatic rings. The summed E-state index contributed by atoms with van der Waals surface area (Å²) in [6, 6.07) is 15.5. The minimum Gasteiger partial charge on any atom is -0.493 e. The van der Waals surface area contributed by atoms with Crippen LogP contribution >= 0.6 is 11.6 Å². The molecule has 4 rings (SSSR count). The number of nitrogens with one attached hydrogen (secondary N) is 2. The van der Waals surface area contributed by atoms with Gasteiger partial charge in [-0.1, -0.05) is 85.7 Å². The van der Waals surface area contributed by atoms with E-state index >= 15 is 0 Å². The van der Waals surface area contributed by atoms with Gasteiger partial charge in [0.25, 0.3) is 0 Å². The largest absolute Gasteiger partial charge is 0.493 e. The number of rotatable bonds is 14. The van der Waals surface area contributed by atoms with Crippen molar-refractivity contribution in [3.63, 3.8) is 0 Å². The molecule has 4 unspecified atom stereocenters. The minimum atomic E-state index is -1.29. The van der Waals surface area contributed by atoms with Crippen LogP contribution in [0.3, 0.4) is 0 Å². The Balaban J connectivity index is 1.35. The van der Waals surface area contributed by atoms with Crippen LogP contribution in [0, 0.1) is 16.7 Å². The lowest BCUT2D eigenvalue weighted by Gasteiger charge is -2.37. The molecule has 0 saturated heterocycles. The molecule has 2 saturated carbocycles. The summed E-state index contributed by atoms with van der Waals surface area (Å²) in [6.07, 6.45) is 4.98. The zero-order chi connectivity index (χ0) is 33.2. The first-order valence-electron chi connectivity index (χ1n) is 16.7. The third-order valence-electron chi connectivity index (χ3n) is 11.5. The molecule has 4 atom stereocenters. The number of carbonyl (C=O) groups is 3. The maximum Gasteiger partial charge on any atom is 0.250 e. The summed E-state index contributed by atoms with van der Waals surface area (Å²) in [7, 11) is 0. The summed E-state index contributed by atoms with van der Waals surface area (Å²) >= 11 is 6.54. The first-order valence-corrected chi connectivity index (χ1v) is 17.1. The van der Waals surface area contributed by atoms with Crippen LogP contribution in [0.25, 0.3) is 0 Å². The molecule has 0 aliphatic heterocycles. The number of benzene rings is 2. The molecule has 2 N–H and O–H groups in total. The molecule has 0 aromatic heterocycles. The van der Waals surface area contributed by atoms with Crippen molar-refractivity contribution in [3.8, 4) is 5.75 Å². The Kier molecular flexibility index (Phi) is 10.5. The van der Waals surface area contributed by atoms with Crippen LogP contribution in [0.1, 0.15) is 111 Å². The maximum atomic E-state index is 13.8. The molecule has 0 spiro atoms. The highest BCUT2D eigenvalue weighted by Crippen LogP contribution is 2.66. The molecule has 2 fully saturated rings. The van der Waals surface area contributed by atoms with Crippen molar-refractivity contribution in [3.05, 3.63) is 59.7 Å². The van der Waals surface area contributed by atoms with Crippen LogP contribution in [0.4, 0.5) is 5.69 Å². The Labute approximate surface area is 275 Å². The van der Waals surface area contributed by atoms with Gasteiger partial charge >= 0.3 is 0 Å². The number of Topliss-reactive ketones (excluding diaryl/α,β-unsaturated/α-hetero) is 1. The highest BCUT2D eigenvalue weighted by molar-refractivity contribution is 6.44. The normalized spacial score (nSPS) is 23.0. The van der Waals surface area contributed by atoms with Crippen LogP contribution in [-0.4, -0.2) is 35.6 Å². The topological polar surface area (TPSA) is 84.5 Å². The number of carbonyl (C=O) groups excluding carboxylic acids is 3. The van der Waals surface area contributed by atoms with Gasteiger partial charge in [0, 0.05) is 29.1 Å². The molecule has 2 amide bonds. The van der Waals surface area contributed by atoms with Crippen molar-refractivity contribution in [2.75, 3.05) is 11.9 Å². The molecule has 7 heteroatoms. The van der Waals surface area contributed by atoms with Crippen molar-refractivity contribution in [2.45, 2.75) is 123 Å². The quantitative estimate of drug-likeness (QED) is 0.124. The van der Waals surface area contributed by atoms with E-state index in [4.69, 9.17) is 16.3 Å². The van der Waals surface area contributed by atoms with Crippen molar-refractivity contribution >= 4 is 34.9 Å². The molecule has 2 aromatic carbocycles. The summed E-state index contributed by atoms with van der Waals surface area (Å²) in [6.45, 7) is 18.1. The Morgan fingerprint density at radius 1 is 1.00 bits per heavy atom. The number of anilines is 1. The summed E-state index contributed by atoms with van der Waals surface area (Å²) in [5.41, 5.74) is 2.06. The number of ether oxygens (including phenoxy) is 1. The van der Waals surface area contributed by atoms with E-state index in [1.165, 1.54) is 11.1 Å². The number of ketones is 1. The molecular weight excluding hydrogens is 584 g/mol. The molecule has 2 aliphatic rings. The first-order chi connectivity index (χ1) is 21.1. The van der Waals surface area contributed by atoms with Crippen molar-refractivity contribution in [2.24, 2.45) is 16.7 Å². The average molecular weight is 637 g/mol. The van der Waals surface area contributed by atoms with E-state index in [9.17, 15) is 14.4 Å². The highest BCUT2D eigenvalue weighted by atomic mass is 35.5. The summed E-state index contributed by atoms with van der Waals surface area (Å²) < 4.78 is 6.29. The van der Waals surface area contributed by atoms with Gasteiger partial charge < -0.3 is 15.4 Å². The van der Waals surface area contributed by atoms with Gasteiger partial charge in [0.1, 0.15) is 5.75 Å². The van der Waals surface area contributed by atoms with Gasteiger partial charge in [-0.15, -0.1) is 11.6 Å². The Morgan fingerprint density at radius 3 is 2.31 bits per heavy atom. The second-order valence-electron chi connectivity index (χ2n) is 15.0. The molecule has 246 valence electrons. The van der Waals surface area contributed by atoms with E-state index < -0.39 is 16.7 Å². The second kappa shape index (κ2) is 13.5. The Bertz CT molecular complexity index is 1390. The standard InChI is InChI=1S/C38H53ClN2O4/c1-9-35(3,4)25-18-19-30(28(23-25)36(5,6)10-2)45-22-14-17-31(42)41-29-24-38(21-20-27(29)37(38,7)8)33(43)32(39)34(44)40-26-15-12-11-13-16-26/h11-13,15-16,18-19,23,27,29,32H,9-10,14,17,20-22,24H2,1-8H3,(H,40,44)(H,41,42). The van der Waals surface area contributed by atoms with E-state index in [1.54, 1.807) is 12.1 Å². The number of hydrogen-bond acceptors (Lipinski definition) is 4. The van der Waals surface area contributed by atoms with Gasteiger partial charge in [-0.25, -0.2) is 0 Å². The lowest BCUT2D eigenvalue weighted by atomic mass is 9.66. The lowest BCUT2D eigenvalue weighted by molar-refractivity contribution is -0.136. The third-order valence-corrected chi connectivity index (χ3v) is 11.9. The summed E-state index contributed by atoms with van der Waals surface area (Å²) in [5.74, 6) is 0.248. The van der Waals surface area contributed by atoms with E-state index in [1.807, 2.05) is 18.2 Å². The lowest BCUT2D eigenvalue weighted by Crippen LogP contribution is -2.46. The predicted octanol–water partition coefficient (Wildman–Crippen LogP) is 8.35. The predicted molar refractivity (Wildman–Crippen MR) is 183 cm³/mol. The number of hydrogen-bond donors (Lipinski definition) is 2. The van der Waals surface area contributed by atoms with Gasteiger partial charge in [-0.2, -0.15) is 0 Å². The number of alkyl halides is 1. The fourth-order valence-corrected chi connectivity index (χ4v) is 7.77. The summed E-state index contributed by atoms with van der Waals surface area (Å²) in [5, 5.41) is 4.71. The van der Waals surface area contributed by atoms with Crippen LogP contribution in [0.15, 0.2) is 48.5 Å². The Morgan fingerprint density at radius 2 is 1.67 bits per heavy atom. The number of amides is 2. The van der Waals surface area contributed by atoms with E-state index in [0.717, 1.165) is 25.0 Å². The van der Waals surface area contributed by atoms with E-state index in [0.29, 0.717) is 38.0 Å². The number of para-hydroxylation sites is 1. The van der Waals surface area contributed by atoms with Crippen molar-refractivity contribution < 1.29 is 19.1 Å². The fraction of sp³-hybridized carbons (Fsp3) is 0.605. The SMILES string of the molecule is CCC(C)(C)c1ccc(OCCCC(=O)NC2CC3(C(=O)C(Cl)C(=O)Nc4ccccc4)CCC2C3(C)C)c(C(C)(C)CC)c1. The summed E-state index contributed by atoms with van der Waals surface area (Å²) in [4.78, 5) is 39.9. The van der Waals surface area contributed by atoms with E-state index in [2.05, 4.69) is 84.2 Å². The van der Waals surface area contributed by atoms with Crippen LogP contribution in [-0.2, 0) is 25.2 Å². The zero-order valence-electron chi connectivity index (χ0n) is 28.5. The monoisotopic (exact) mass is 636 g/mol. The van der Waals surface area contributed by atoms with Gasteiger partial charge in [0.2, 0.25) is 11.8 Å². The van der Waals surface area contributed by atoms with Crippen LogP contribution < -0.4 is 15.4 Å². The molecule has 0 heterocycles. The molecule has 6 nitrogen and oxygen atoms in total. The van der Waals surface area contributed by atoms with Crippen LogP contribution in [0.5, 0.6) is 5.75 Å². The molecule has 45 heavy (non-hydrogen) atoms. The third kappa shape index (κ3) is 6.96. The molecule has 2 bridgehead atoms. The molecule has 0 radical (unpaired) electrons. The smallest absolute Gasteiger partial charge is 0.250 e. The van der Waals surface area contributed by atoms with Crippen molar-refractivity contribution in [1.29, 1.82) is 0 Å². The van der Waals surface area contributed by atoms with Gasteiger partial charge in [0.05, 0.1) is 6.61 Å². The Hall–Kier alpha value is -2.86. The highest BCUT2D eigenvalue weighted by Gasteiger charge is 2.67.